The number of rotatable bonds is 6. The van der Waals surface area contributed by atoms with Crippen LogP contribution in [0.15, 0.2) is 52.9 Å². The topological polar surface area (TPSA) is 71.7 Å². The zero-order valence-corrected chi connectivity index (χ0v) is 15.7. The van der Waals surface area contributed by atoms with Gasteiger partial charge < -0.3 is 19.6 Å². The molecule has 0 bridgehead atoms. The predicted molar refractivity (Wildman–Crippen MR) is 105 cm³/mol. The molecule has 0 saturated carbocycles. The highest BCUT2D eigenvalue weighted by Crippen LogP contribution is 2.28. The summed E-state index contributed by atoms with van der Waals surface area (Å²) in [7, 11) is 0. The molecule has 27 heavy (non-hydrogen) atoms. The van der Waals surface area contributed by atoms with E-state index in [4.69, 9.17) is 14.3 Å². The van der Waals surface area contributed by atoms with Crippen LogP contribution in [0.2, 0.25) is 0 Å². The summed E-state index contributed by atoms with van der Waals surface area (Å²) in [5.41, 5.74) is 4.73. The summed E-state index contributed by atoms with van der Waals surface area (Å²) in [5, 5.41) is 12.0. The second kappa shape index (κ2) is 8.10. The molecule has 5 nitrogen and oxygen atoms in total. The van der Waals surface area contributed by atoms with Gasteiger partial charge in [0.15, 0.2) is 6.61 Å². The largest absolute Gasteiger partial charge is 0.483 e. The van der Waals surface area contributed by atoms with E-state index in [0.29, 0.717) is 23.0 Å². The summed E-state index contributed by atoms with van der Waals surface area (Å²) >= 11 is 0. The number of amides is 1. The van der Waals surface area contributed by atoms with Crippen molar-refractivity contribution in [1.29, 1.82) is 0 Å². The van der Waals surface area contributed by atoms with Crippen LogP contribution in [0.25, 0.3) is 11.3 Å². The minimum Gasteiger partial charge on any atom is -0.483 e. The highest BCUT2D eigenvalue weighted by Gasteiger charge is 2.10. The van der Waals surface area contributed by atoms with E-state index in [9.17, 15) is 4.79 Å². The van der Waals surface area contributed by atoms with Crippen LogP contribution < -0.4 is 10.1 Å². The Bertz CT molecular complexity index is 959. The van der Waals surface area contributed by atoms with Gasteiger partial charge in [0, 0.05) is 11.3 Å². The molecule has 1 heterocycles. The average molecular weight is 365 g/mol. The lowest BCUT2D eigenvalue weighted by Crippen LogP contribution is -2.20. The molecule has 140 valence electrons. The lowest BCUT2D eigenvalue weighted by molar-refractivity contribution is -0.118. The first-order valence-electron chi connectivity index (χ1n) is 8.77. The van der Waals surface area contributed by atoms with Crippen molar-refractivity contribution in [3.63, 3.8) is 0 Å². The Balaban J connectivity index is 1.64. The first-order chi connectivity index (χ1) is 13.0. The molecule has 0 aliphatic heterocycles. The summed E-state index contributed by atoms with van der Waals surface area (Å²) in [6.45, 7) is 5.74. The van der Waals surface area contributed by atoms with E-state index in [-0.39, 0.29) is 19.1 Å². The standard InChI is InChI=1S/C22H23NO4/c1-14-5-4-6-20(16(14)3)26-13-22(25)23-17-7-9-19(15(2)11-17)21-10-8-18(12-24)27-21/h4-11,24H,12-13H2,1-3H3,(H,23,25). The SMILES string of the molecule is Cc1cc(NC(=O)COc2cccc(C)c2C)ccc1-c1ccc(CO)o1. The van der Waals surface area contributed by atoms with Crippen molar-refractivity contribution in [2.45, 2.75) is 27.4 Å². The van der Waals surface area contributed by atoms with Gasteiger partial charge in [0.2, 0.25) is 0 Å². The Kier molecular flexibility index (Phi) is 5.62. The van der Waals surface area contributed by atoms with Gasteiger partial charge in [-0.05, 0) is 73.9 Å². The monoisotopic (exact) mass is 365 g/mol. The van der Waals surface area contributed by atoms with Gasteiger partial charge in [0.1, 0.15) is 23.9 Å². The fraction of sp³-hybridized carbons (Fsp3) is 0.227. The number of hydrogen-bond acceptors (Lipinski definition) is 4. The summed E-state index contributed by atoms with van der Waals surface area (Å²) < 4.78 is 11.2. The van der Waals surface area contributed by atoms with Crippen LogP contribution in [-0.4, -0.2) is 17.6 Å². The first kappa shape index (κ1) is 18.7. The molecule has 0 spiro atoms. The maximum absolute atomic E-state index is 12.2. The number of benzene rings is 2. The van der Waals surface area contributed by atoms with Gasteiger partial charge in [0.05, 0.1) is 0 Å². The summed E-state index contributed by atoms with van der Waals surface area (Å²) in [6, 6.07) is 14.9. The zero-order valence-electron chi connectivity index (χ0n) is 15.7. The van der Waals surface area contributed by atoms with Crippen molar-refractivity contribution in [3.8, 4) is 17.1 Å². The van der Waals surface area contributed by atoms with E-state index in [0.717, 1.165) is 22.3 Å². The molecule has 5 heteroatoms. The van der Waals surface area contributed by atoms with Crippen molar-refractivity contribution >= 4 is 11.6 Å². The molecule has 0 unspecified atom stereocenters. The molecular weight excluding hydrogens is 342 g/mol. The van der Waals surface area contributed by atoms with E-state index >= 15 is 0 Å². The molecule has 0 saturated heterocycles. The third-order valence-electron chi connectivity index (χ3n) is 4.51. The van der Waals surface area contributed by atoms with Crippen molar-refractivity contribution in [2.24, 2.45) is 0 Å². The number of carbonyl (C=O) groups excluding carboxylic acids is 1. The second-order valence-electron chi connectivity index (χ2n) is 6.49. The van der Waals surface area contributed by atoms with Crippen LogP contribution in [0.4, 0.5) is 5.69 Å². The van der Waals surface area contributed by atoms with Crippen molar-refractivity contribution < 1.29 is 19.1 Å². The number of hydrogen-bond donors (Lipinski definition) is 2. The van der Waals surface area contributed by atoms with Crippen LogP contribution in [0.1, 0.15) is 22.5 Å². The maximum atomic E-state index is 12.2. The molecule has 0 radical (unpaired) electrons. The van der Waals surface area contributed by atoms with E-state index in [1.54, 1.807) is 6.07 Å². The highest BCUT2D eigenvalue weighted by atomic mass is 16.5. The Labute approximate surface area is 158 Å². The third kappa shape index (κ3) is 4.38. The van der Waals surface area contributed by atoms with Gasteiger partial charge in [-0.3, -0.25) is 4.79 Å². The van der Waals surface area contributed by atoms with Crippen LogP contribution in [0, 0.1) is 20.8 Å². The molecule has 2 aromatic carbocycles. The Hall–Kier alpha value is -3.05. The fourth-order valence-electron chi connectivity index (χ4n) is 2.85. The van der Waals surface area contributed by atoms with Gasteiger partial charge in [0.25, 0.3) is 5.91 Å². The zero-order chi connectivity index (χ0) is 19.4. The Morgan fingerprint density at radius 2 is 1.89 bits per heavy atom. The van der Waals surface area contributed by atoms with Gasteiger partial charge in [-0.2, -0.15) is 0 Å². The maximum Gasteiger partial charge on any atom is 0.262 e. The van der Waals surface area contributed by atoms with Gasteiger partial charge in [-0.25, -0.2) is 0 Å². The second-order valence-corrected chi connectivity index (χ2v) is 6.49. The summed E-state index contributed by atoms with van der Waals surface area (Å²) in [5.74, 6) is 1.70. The minimum absolute atomic E-state index is 0.0524. The van der Waals surface area contributed by atoms with Crippen LogP contribution in [0.5, 0.6) is 5.75 Å². The van der Waals surface area contributed by atoms with E-state index < -0.39 is 0 Å². The van der Waals surface area contributed by atoms with Crippen LogP contribution in [-0.2, 0) is 11.4 Å². The first-order valence-corrected chi connectivity index (χ1v) is 8.77. The van der Waals surface area contributed by atoms with Crippen molar-refractivity contribution in [2.75, 3.05) is 11.9 Å². The van der Waals surface area contributed by atoms with Crippen molar-refractivity contribution in [1.82, 2.24) is 0 Å². The molecule has 1 aromatic heterocycles. The number of ether oxygens (including phenoxy) is 1. The summed E-state index contributed by atoms with van der Waals surface area (Å²) in [6.07, 6.45) is 0. The normalized spacial score (nSPS) is 10.7. The molecule has 0 atom stereocenters. The van der Waals surface area contributed by atoms with Gasteiger partial charge >= 0.3 is 0 Å². The lowest BCUT2D eigenvalue weighted by atomic mass is 10.1. The molecule has 0 aliphatic carbocycles. The number of nitrogens with one attached hydrogen (secondary N) is 1. The van der Waals surface area contributed by atoms with Crippen LogP contribution >= 0.6 is 0 Å². The fourth-order valence-corrected chi connectivity index (χ4v) is 2.85. The Morgan fingerprint density at radius 3 is 2.59 bits per heavy atom. The van der Waals surface area contributed by atoms with Crippen molar-refractivity contribution in [3.05, 3.63) is 71.0 Å². The number of anilines is 1. The predicted octanol–water partition coefficient (Wildman–Crippen LogP) is 4.38. The number of aliphatic hydroxyl groups is 1. The number of furan rings is 1. The van der Waals surface area contributed by atoms with Gasteiger partial charge in [-0.1, -0.05) is 12.1 Å². The van der Waals surface area contributed by atoms with E-state index in [1.165, 1.54) is 0 Å². The minimum atomic E-state index is -0.219. The quantitative estimate of drug-likeness (QED) is 0.680. The molecular formula is C22H23NO4. The van der Waals surface area contributed by atoms with E-state index in [1.807, 2.05) is 63.2 Å². The lowest BCUT2D eigenvalue weighted by Gasteiger charge is -2.12. The number of carbonyl (C=O) groups is 1. The molecule has 0 aliphatic rings. The molecule has 1 amide bonds. The summed E-state index contributed by atoms with van der Waals surface area (Å²) in [4.78, 5) is 12.2. The smallest absolute Gasteiger partial charge is 0.262 e. The average Bonchev–Trinajstić information content (AvgIpc) is 3.12. The molecule has 2 N–H and O–H groups in total. The van der Waals surface area contributed by atoms with Crippen LogP contribution in [0.3, 0.4) is 0 Å². The molecule has 0 fully saturated rings. The number of aliphatic hydroxyl groups excluding tert-OH is 1. The third-order valence-corrected chi connectivity index (χ3v) is 4.51. The van der Waals surface area contributed by atoms with E-state index in [2.05, 4.69) is 5.32 Å². The molecule has 3 rings (SSSR count). The van der Waals surface area contributed by atoms with Gasteiger partial charge in [-0.15, -0.1) is 0 Å². The Morgan fingerprint density at radius 1 is 1.07 bits per heavy atom. The highest BCUT2D eigenvalue weighted by molar-refractivity contribution is 5.92. The molecule has 3 aromatic rings. The number of aryl methyl sites for hydroxylation is 2.